The van der Waals surface area contributed by atoms with E-state index < -0.39 is 17.5 Å². The zero-order valence-electron chi connectivity index (χ0n) is 17.8. The molecule has 0 spiro atoms. The number of benzene rings is 2. The number of hydrogen-bond donors (Lipinski definition) is 2. The van der Waals surface area contributed by atoms with Crippen molar-refractivity contribution >= 4 is 11.7 Å². The molecule has 10 heteroatoms. The van der Waals surface area contributed by atoms with E-state index in [0.29, 0.717) is 25.4 Å². The van der Waals surface area contributed by atoms with Crippen molar-refractivity contribution in [1.82, 2.24) is 15.1 Å². The maximum Gasteiger partial charge on any atom is 0.255 e. The first-order valence-electron chi connectivity index (χ1n) is 10.2. The Hall–Kier alpha value is -3.97. The minimum Gasteiger partial charge on any atom is -0.496 e. The Kier molecular flexibility index (Phi) is 6.24. The van der Waals surface area contributed by atoms with Crippen molar-refractivity contribution in [2.24, 2.45) is 0 Å². The van der Waals surface area contributed by atoms with Gasteiger partial charge in [0.1, 0.15) is 40.5 Å². The van der Waals surface area contributed by atoms with Crippen LogP contribution in [-0.4, -0.2) is 36.0 Å². The van der Waals surface area contributed by atoms with Crippen molar-refractivity contribution in [3.63, 3.8) is 0 Å². The molecule has 1 aliphatic rings. The van der Waals surface area contributed by atoms with Gasteiger partial charge in [-0.1, -0.05) is 12.1 Å². The number of methoxy groups -OCH3 is 1. The first-order valence-corrected chi connectivity index (χ1v) is 10.2. The Bertz CT molecular complexity index is 1250. The van der Waals surface area contributed by atoms with E-state index in [-0.39, 0.29) is 46.4 Å². The summed E-state index contributed by atoms with van der Waals surface area (Å²) < 4.78 is 41.7. The average Bonchev–Trinajstić information content (AvgIpc) is 3.46. The summed E-state index contributed by atoms with van der Waals surface area (Å²) in [4.78, 5) is 12.5. The molecule has 3 aromatic rings. The summed E-state index contributed by atoms with van der Waals surface area (Å²) in [6.45, 7) is 0.651. The molecule has 33 heavy (non-hydrogen) atoms. The minimum absolute atomic E-state index is 0.0302. The summed E-state index contributed by atoms with van der Waals surface area (Å²) >= 11 is 0. The average molecular weight is 453 g/mol. The largest absolute Gasteiger partial charge is 0.496 e. The summed E-state index contributed by atoms with van der Waals surface area (Å²) in [6.07, 6.45) is 0.651. The van der Waals surface area contributed by atoms with Crippen molar-refractivity contribution < 1.29 is 23.0 Å². The van der Waals surface area contributed by atoms with E-state index in [0.717, 1.165) is 12.1 Å². The highest BCUT2D eigenvalue weighted by molar-refractivity contribution is 5.96. The fraction of sp³-hybridized carbons (Fsp3) is 0.261. The molecule has 3 N–H and O–H groups in total. The van der Waals surface area contributed by atoms with Crippen LogP contribution in [0, 0.1) is 23.0 Å². The first kappa shape index (κ1) is 22.2. The lowest BCUT2D eigenvalue weighted by atomic mass is 10.0. The van der Waals surface area contributed by atoms with Crippen LogP contribution in [0.3, 0.4) is 0 Å². The predicted octanol–water partition coefficient (Wildman–Crippen LogP) is 3.18. The van der Waals surface area contributed by atoms with Crippen LogP contribution in [0.15, 0.2) is 36.4 Å². The third kappa shape index (κ3) is 4.23. The Morgan fingerprint density at radius 1 is 1.36 bits per heavy atom. The normalized spacial score (nSPS) is 15.3. The van der Waals surface area contributed by atoms with Gasteiger partial charge in [-0.25, -0.2) is 13.5 Å². The SMILES string of the molecule is COc1ccccc1C(=O)NCc1cc(F)c(-c2nn(C3CCOC3)c(N)c2C#N)cc1F. The molecule has 1 aliphatic heterocycles. The number of nitriles is 1. The molecule has 1 amide bonds. The quantitative estimate of drug-likeness (QED) is 0.592. The molecule has 2 heterocycles. The lowest BCUT2D eigenvalue weighted by Crippen LogP contribution is -2.24. The number of ether oxygens (including phenoxy) is 2. The van der Waals surface area contributed by atoms with Gasteiger partial charge in [-0.3, -0.25) is 4.79 Å². The molecule has 4 rings (SSSR count). The minimum atomic E-state index is -0.790. The zero-order valence-corrected chi connectivity index (χ0v) is 17.8. The van der Waals surface area contributed by atoms with Crippen LogP contribution in [0.5, 0.6) is 5.75 Å². The number of nitrogens with zero attached hydrogens (tertiary/aromatic N) is 3. The van der Waals surface area contributed by atoms with E-state index in [9.17, 15) is 18.8 Å². The third-order valence-corrected chi connectivity index (χ3v) is 5.49. The van der Waals surface area contributed by atoms with E-state index in [2.05, 4.69) is 10.4 Å². The third-order valence-electron chi connectivity index (χ3n) is 5.49. The molecule has 170 valence electrons. The summed E-state index contributed by atoms with van der Waals surface area (Å²) in [5.74, 6) is -1.60. The number of carbonyl (C=O) groups is 1. The molecule has 0 bridgehead atoms. The van der Waals surface area contributed by atoms with Gasteiger partial charge in [0.15, 0.2) is 0 Å². The highest BCUT2D eigenvalue weighted by Crippen LogP contribution is 2.33. The number of anilines is 1. The zero-order chi connectivity index (χ0) is 23.5. The Labute approximate surface area is 188 Å². The lowest BCUT2D eigenvalue weighted by molar-refractivity contribution is 0.0947. The van der Waals surface area contributed by atoms with Crippen molar-refractivity contribution in [2.45, 2.75) is 19.0 Å². The number of carbonyl (C=O) groups excluding carboxylic acids is 1. The molecule has 1 atom stereocenters. The molecular weight excluding hydrogens is 432 g/mol. The van der Waals surface area contributed by atoms with Crippen LogP contribution in [0.4, 0.5) is 14.6 Å². The van der Waals surface area contributed by atoms with Crippen molar-refractivity contribution in [3.8, 4) is 23.1 Å². The van der Waals surface area contributed by atoms with Gasteiger partial charge in [0.25, 0.3) is 5.91 Å². The Morgan fingerprint density at radius 2 is 2.15 bits per heavy atom. The maximum absolute atomic E-state index is 15.0. The van der Waals surface area contributed by atoms with E-state index in [1.807, 2.05) is 6.07 Å². The number of amides is 1. The summed E-state index contributed by atoms with van der Waals surface area (Å²) in [5.41, 5.74) is 6.01. The van der Waals surface area contributed by atoms with E-state index in [1.54, 1.807) is 24.3 Å². The number of halogens is 2. The number of para-hydroxylation sites is 1. The Balaban J connectivity index is 1.60. The molecule has 1 saturated heterocycles. The second kappa shape index (κ2) is 9.26. The topological polar surface area (TPSA) is 115 Å². The molecule has 1 aromatic heterocycles. The molecule has 1 fully saturated rings. The van der Waals surface area contributed by atoms with Gasteiger partial charge in [-0.05, 0) is 30.7 Å². The molecule has 2 aromatic carbocycles. The number of rotatable bonds is 6. The first-order chi connectivity index (χ1) is 15.9. The summed E-state index contributed by atoms with van der Waals surface area (Å²) in [7, 11) is 1.43. The lowest BCUT2D eigenvalue weighted by Gasteiger charge is -2.11. The predicted molar refractivity (Wildman–Crippen MR) is 115 cm³/mol. The smallest absolute Gasteiger partial charge is 0.255 e. The summed E-state index contributed by atoms with van der Waals surface area (Å²) in [5, 5.41) is 16.4. The number of nitrogen functional groups attached to an aromatic ring is 1. The van der Waals surface area contributed by atoms with Gasteiger partial charge < -0.3 is 20.5 Å². The molecule has 0 saturated carbocycles. The molecule has 1 unspecified atom stereocenters. The van der Waals surface area contributed by atoms with Gasteiger partial charge in [0.05, 0.1) is 25.3 Å². The molecule has 8 nitrogen and oxygen atoms in total. The maximum atomic E-state index is 15.0. The van der Waals surface area contributed by atoms with Crippen molar-refractivity contribution in [2.75, 3.05) is 26.1 Å². The fourth-order valence-electron chi connectivity index (χ4n) is 3.75. The number of aromatic nitrogens is 2. The molecule has 0 aliphatic carbocycles. The number of nitrogens with one attached hydrogen (secondary N) is 1. The second-order valence-corrected chi connectivity index (χ2v) is 7.49. The fourth-order valence-corrected chi connectivity index (χ4v) is 3.75. The van der Waals surface area contributed by atoms with E-state index >= 15 is 0 Å². The Morgan fingerprint density at radius 3 is 2.85 bits per heavy atom. The van der Waals surface area contributed by atoms with Gasteiger partial charge >= 0.3 is 0 Å². The van der Waals surface area contributed by atoms with Crippen molar-refractivity contribution in [1.29, 1.82) is 5.26 Å². The van der Waals surface area contributed by atoms with Crippen LogP contribution < -0.4 is 15.8 Å². The van der Waals surface area contributed by atoms with Crippen molar-refractivity contribution in [3.05, 3.63) is 64.7 Å². The number of hydrogen-bond acceptors (Lipinski definition) is 6. The standard InChI is InChI=1S/C23H21F2N5O3/c1-32-20-5-3-2-4-15(20)23(31)28-11-13-8-19(25)16(9-18(13)24)21-17(10-26)22(27)30(29-21)14-6-7-33-12-14/h2-5,8-9,14H,6-7,11-12,27H2,1H3,(H,28,31). The van der Waals surface area contributed by atoms with Gasteiger partial charge in [0.2, 0.25) is 0 Å². The van der Waals surface area contributed by atoms with Crippen LogP contribution in [-0.2, 0) is 11.3 Å². The van der Waals surface area contributed by atoms with Crippen LogP contribution in [0.2, 0.25) is 0 Å². The van der Waals surface area contributed by atoms with Gasteiger partial charge in [-0.15, -0.1) is 0 Å². The molecule has 0 radical (unpaired) electrons. The second-order valence-electron chi connectivity index (χ2n) is 7.49. The highest BCUT2D eigenvalue weighted by Gasteiger charge is 2.27. The van der Waals surface area contributed by atoms with E-state index in [4.69, 9.17) is 15.2 Å². The van der Waals surface area contributed by atoms with Crippen LogP contribution in [0.25, 0.3) is 11.3 Å². The van der Waals surface area contributed by atoms with E-state index in [1.165, 1.54) is 11.8 Å². The van der Waals surface area contributed by atoms with Gasteiger partial charge in [0, 0.05) is 24.3 Å². The van der Waals surface area contributed by atoms with Crippen LogP contribution >= 0.6 is 0 Å². The van der Waals surface area contributed by atoms with Gasteiger partial charge in [-0.2, -0.15) is 10.4 Å². The summed E-state index contributed by atoms with van der Waals surface area (Å²) in [6, 6.07) is 10.3. The monoisotopic (exact) mass is 453 g/mol. The number of nitrogens with two attached hydrogens (primary N) is 1. The van der Waals surface area contributed by atoms with Crippen LogP contribution in [0.1, 0.15) is 33.9 Å². The molecular formula is C23H21F2N5O3. The highest BCUT2D eigenvalue weighted by atomic mass is 19.1.